The fourth-order valence-electron chi connectivity index (χ4n) is 2.33. The minimum atomic E-state index is -1.36. The number of nitrogens with one attached hydrogen (secondary N) is 1. The first-order valence-corrected chi connectivity index (χ1v) is 9.01. The zero-order chi connectivity index (χ0) is 21.9. The fourth-order valence-corrected chi connectivity index (χ4v) is 2.33. The van der Waals surface area contributed by atoms with Crippen LogP contribution < -0.4 is 5.32 Å². The number of nitrogens with zero attached hydrogens (tertiary/aromatic N) is 4. The molecule has 2 N–H and O–H groups in total. The van der Waals surface area contributed by atoms with E-state index in [1.165, 1.54) is 0 Å². The number of hydrogen-bond acceptors (Lipinski definition) is 9. The van der Waals surface area contributed by atoms with E-state index < -0.39 is 42.8 Å². The Morgan fingerprint density at radius 3 is 2.57 bits per heavy atom. The number of alkyl carbamates (subject to hydrolysis) is 1. The Hall–Kier alpha value is -3.83. The molecule has 1 atom stereocenters. The smallest absolute Gasteiger partial charge is 0.408 e. The van der Waals surface area contributed by atoms with Gasteiger partial charge in [0.2, 0.25) is 0 Å². The van der Waals surface area contributed by atoms with Crippen LogP contribution in [0.1, 0.15) is 24.7 Å². The Labute approximate surface area is 171 Å². The molecule has 2 rings (SSSR count). The average Bonchev–Trinajstić information content (AvgIpc) is 3.13. The van der Waals surface area contributed by atoms with E-state index in [-0.39, 0.29) is 25.5 Å². The maximum Gasteiger partial charge on any atom is 0.408 e. The van der Waals surface area contributed by atoms with Crippen LogP contribution in [0.5, 0.6) is 0 Å². The van der Waals surface area contributed by atoms with E-state index >= 15 is 0 Å². The molecule has 2 aromatic rings. The van der Waals surface area contributed by atoms with Crippen molar-refractivity contribution in [3.8, 4) is 0 Å². The number of amides is 1. The predicted octanol–water partition coefficient (Wildman–Crippen LogP) is 0.118. The molecular weight excluding hydrogens is 398 g/mol. The summed E-state index contributed by atoms with van der Waals surface area (Å²) in [6.07, 6.45) is -1.80. The Kier molecular flexibility index (Phi) is 8.41. The summed E-state index contributed by atoms with van der Waals surface area (Å²) in [4.78, 5) is 47.8. The molecule has 0 bridgehead atoms. The second-order valence-corrected chi connectivity index (χ2v) is 6.04. The number of hydrogen-bond donors (Lipinski definition) is 2. The van der Waals surface area contributed by atoms with Crippen LogP contribution in [-0.4, -0.2) is 61.8 Å². The number of benzene rings is 1. The Morgan fingerprint density at radius 2 is 1.90 bits per heavy atom. The van der Waals surface area contributed by atoms with E-state index in [2.05, 4.69) is 20.7 Å². The van der Waals surface area contributed by atoms with Crippen LogP contribution in [0.2, 0.25) is 0 Å². The Balaban J connectivity index is 1.92. The van der Waals surface area contributed by atoms with Gasteiger partial charge in [0.1, 0.15) is 25.6 Å². The maximum absolute atomic E-state index is 12.4. The molecule has 0 spiro atoms. The van der Waals surface area contributed by atoms with Gasteiger partial charge in [-0.2, -0.15) is 4.80 Å². The lowest BCUT2D eigenvalue weighted by molar-refractivity contribution is -0.142. The lowest BCUT2D eigenvalue weighted by atomic mass is 10.1. The molecule has 0 aliphatic carbocycles. The van der Waals surface area contributed by atoms with Crippen LogP contribution in [0, 0.1) is 0 Å². The molecule has 12 nitrogen and oxygen atoms in total. The summed E-state index contributed by atoms with van der Waals surface area (Å²) < 4.78 is 9.78. The van der Waals surface area contributed by atoms with Gasteiger partial charge >= 0.3 is 18.0 Å². The number of Topliss-reactive ketones (excluding diaryl/α,β-unsaturated/α-hetero) is 1. The number of tetrazole rings is 1. The van der Waals surface area contributed by atoms with Crippen molar-refractivity contribution >= 4 is 23.8 Å². The van der Waals surface area contributed by atoms with Crippen molar-refractivity contribution in [1.29, 1.82) is 0 Å². The van der Waals surface area contributed by atoms with Gasteiger partial charge in [-0.25, -0.2) is 4.79 Å². The molecule has 0 saturated carbocycles. The molecule has 1 unspecified atom stereocenters. The zero-order valence-corrected chi connectivity index (χ0v) is 16.2. The third kappa shape index (κ3) is 7.66. The number of carbonyl (C=O) groups excluding carboxylic acids is 3. The van der Waals surface area contributed by atoms with Crippen molar-refractivity contribution < 1.29 is 33.8 Å². The van der Waals surface area contributed by atoms with E-state index in [1.54, 1.807) is 31.2 Å². The molecular formula is C18H21N5O7. The summed E-state index contributed by atoms with van der Waals surface area (Å²) in [6.45, 7) is 1.37. The zero-order valence-electron chi connectivity index (χ0n) is 16.2. The Morgan fingerprint density at radius 1 is 1.17 bits per heavy atom. The van der Waals surface area contributed by atoms with Crippen molar-refractivity contribution in [3.63, 3.8) is 0 Å². The highest BCUT2D eigenvalue weighted by Gasteiger charge is 2.25. The number of carboxylic acid groups (broad SMARTS) is 1. The first-order valence-electron chi connectivity index (χ1n) is 9.01. The van der Waals surface area contributed by atoms with E-state index in [4.69, 9.17) is 14.6 Å². The molecule has 0 saturated heterocycles. The van der Waals surface area contributed by atoms with Crippen LogP contribution in [0.3, 0.4) is 0 Å². The highest BCUT2D eigenvalue weighted by atomic mass is 16.5. The number of rotatable bonds is 11. The first kappa shape index (κ1) is 22.5. The second-order valence-electron chi connectivity index (χ2n) is 6.04. The molecule has 1 aromatic carbocycles. The number of aromatic nitrogens is 4. The van der Waals surface area contributed by atoms with Crippen LogP contribution >= 0.6 is 0 Å². The van der Waals surface area contributed by atoms with Crippen molar-refractivity contribution in [1.82, 2.24) is 25.5 Å². The third-order valence-corrected chi connectivity index (χ3v) is 3.67. The van der Waals surface area contributed by atoms with Crippen LogP contribution in [0.4, 0.5) is 4.79 Å². The second kappa shape index (κ2) is 11.2. The average molecular weight is 419 g/mol. The molecule has 160 valence electrons. The normalized spacial score (nSPS) is 11.4. The lowest BCUT2D eigenvalue weighted by Gasteiger charge is -2.15. The molecule has 1 aromatic heterocycles. The molecule has 30 heavy (non-hydrogen) atoms. The fraction of sp³-hybridized carbons (Fsp3) is 0.389. The molecule has 0 aliphatic heterocycles. The summed E-state index contributed by atoms with van der Waals surface area (Å²) in [5, 5.41) is 22.4. The topological polar surface area (TPSA) is 163 Å². The standard InChI is InChI=1S/C18H21N5O7/c1-2-29-17(27)9-15-20-22-23(21-15)10-14(24)13(8-16(25)26)19-18(28)30-11-12-6-4-3-5-7-12/h3-7,13H,2,8-11H2,1H3,(H,19,28)(H,25,26). The maximum atomic E-state index is 12.4. The highest BCUT2D eigenvalue weighted by Crippen LogP contribution is 2.03. The van der Waals surface area contributed by atoms with E-state index in [0.29, 0.717) is 0 Å². The minimum Gasteiger partial charge on any atom is -0.481 e. The van der Waals surface area contributed by atoms with Crippen LogP contribution in [0.15, 0.2) is 30.3 Å². The van der Waals surface area contributed by atoms with E-state index in [9.17, 15) is 19.2 Å². The van der Waals surface area contributed by atoms with Crippen molar-refractivity contribution in [3.05, 3.63) is 41.7 Å². The Bertz CT molecular complexity index is 884. The summed E-state index contributed by atoms with van der Waals surface area (Å²) >= 11 is 0. The van der Waals surface area contributed by atoms with Crippen molar-refractivity contribution in [2.45, 2.75) is 39.0 Å². The SMILES string of the molecule is CCOC(=O)Cc1nnn(CC(=O)C(CC(=O)O)NC(=O)OCc2ccccc2)n1. The van der Waals surface area contributed by atoms with Gasteiger partial charge in [-0.3, -0.25) is 14.4 Å². The molecule has 1 heterocycles. The van der Waals surface area contributed by atoms with Gasteiger partial charge in [-0.1, -0.05) is 30.3 Å². The quantitative estimate of drug-likeness (QED) is 0.478. The van der Waals surface area contributed by atoms with Gasteiger partial charge in [0, 0.05) is 0 Å². The molecule has 0 fully saturated rings. The summed E-state index contributed by atoms with van der Waals surface area (Å²) in [6, 6.07) is 7.49. The molecule has 0 radical (unpaired) electrons. The number of ketones is 1. The summed E-state index contributed by atoms with van der Waals surface area (Å²) in [5.74, 6) is -2.46. The molecule has 1 amide bonds. The predicted molar refractivity (Wildman–Crippen MR) is 99.0 cm³/mol. The monoisotopic (exact) mass is 419 g/mol. The molecule has 0 aliphatic rings. The van der Waals surface area contributed by atoms with Gasteiger partial charge in [0.25, 0.3) is 0 Å². The van der Waals surface area contributed by atoms with Gasteiger partial charge < -0.3 is 19.9 Å². The number of carboxylic acids is 1. The van der Waals surface area contributed by atoms with Crippen LogP contribution in [-0.2, 0) is 43.4 Å². The van der Waals surface area contributed by atoms with E-state index in [0.717, 1.165) is 10.4 Å². The van der Waals surface area contributed by atoms with Gasteiger partial charge in [0.05, 0.1) is 13.0 Å². The van der Waals surface area contributed by atoms with Crippen molar-refractivity contribution in [2.24, 2.45) is 0 Å². The van der Waals surface area contributed by atoms with Gasteiger partial charge in [-0.15, -0.1) is 10.2 Å². The third-order valence-electron chi connectivity index (χ3n) is 3.67. The summed E-state index contributed by atoms with van der Waals surface area (Å²) in [5.41, 5.74) is 0.731. The lowest BCUT2D eigenvalue weighted by Crippen LogP contribution is -2.44. The van der Waals surface area contributed by atoms with Gasteiger partial charge in [0.15, 0.2) is 11.6 Å². The number of aliphatic carboxylic acids is 1. The first-order chi connectivity index (χ1) is 14.4. The number of carbonyl (C=O) groups is 4. The highest BCUT2D eigenvalue weighted by molar-refractivity contribution is 5.90. The van der Waals surface area contributed by atoms with Crippen LogP contribution in [0.25, 0.3) is 0 Å². The van der Waals surface area contributed by atoms with Crippen molar-refractivity contribution in [2.75, 3.05) is 6.61 Å². The number of esters is 1. The number of ether oxygens (including phenoxy) is 2. The minimum absolute atomic E-state index is 0.0392. The van der Waals surface area contributed by atoms with E-state index in [1.807, 2.05) is 6.07 Å². The summed E-state index contributed by atoms with van der Waals surface area (Å²) in [7, 11) is 0. The molecule has 12 heteroatoms. The largest absolute Gasteiger partial charge is 0.481 e. The van der Waals surface area contributed by atoms with Gasteiger partial charge in [-0.05, 0) is 17.7 Å².